The molecule has 1 aliphatic rings. The lowest BCUT2D eigenvalue weighted by atomic mass is 10.1. The molecule has 4 nitrogen and oxygen atoms in total. The van der Waals surface area contributed by atoms with Crippen LogP contribution in [-0.2, 0) is 6.54 Å². The highest BCUT2D eigenvalue weighted by atomic mass is 19.1. The summed E-state index contributed by atoms with van der Waals surface area (Å²) in [5.41, 5.74) is -0.0112. The summed E-state index contributed by atoms with van der Waals surface area (Å²) in [6.45, 7) is 3.34. The van der Waals surface area contributed by atoms with Crippen molar-refractivity contribution in [3.8, 4) is 0 Å². The molecule has 1 saturated carbocycles. The first-order valence-electron chi connectivity index (χ1n) is 6.79. The summed E-state index contributed by atoms with van der Waals surface area (Å²) in [4.78, 5) is 12.3. The quantitative estimate of drug-likeness (QED) is 0.605. The second-order valence-corrected chi connectivity index (χ2v) is 5.01. The molecule has 1 fully saturated rings. The number of nitrogens with zero attached hydrogens (tertiary/aromatic N) is 2. The van der Waals surface area contributed by atoms with Crippen molar-refractivity contribution in [1.29, 1.82) is 0 Å². The zero-order valence-electron chi connectivity index (χ0n) is 11.1. The van der Waals surface area contributed by atoms with Crippen LogP contribution in [0, 0.1) is 15.9 Å². The number of halogens is 1. The fourth-order valence-corrected chi connectivity index (χ4v) is 2.82. The summed E-state index contributed by atoms with van der Waals surface area (Å²) in [6.07, 6.45) is 4.73. The Kier molecular flexibility index (Phi) is 4.47. The molecule has 19 heavy (non-hydrogen) atoms. The Bertz CT molecular complexity index is 459. The van der Waals surface area contributed by atoms with Gasteiger partial charge in [0.05, 0.1) is 4.92 Å². The minimum Gasteiger partial charge on any atom is -0.296 e. The predicted molar refractivity (Wildman–Crippen MR) is 71.4 cm³/mol. The summed E-state index contributed by atoms with van der Waals surface area (Å²) in [5.74, 6) is -0.691. The molecule has 0 amide bonds. The Hall–Kier alpha value is -1.49. The lowest BCUT2D eigenvalue weighted by Crippen LogP contribution is -2.32. The molecule has 1 aromatic carbocycles. The van der Waals surface area contributed by atoms with E-state index in [0.717, 1.165) is 19.4 Å². The molecule has 0 spiro atoms. The van der Waals surface area contributed by atoms with Gasteiger partial charge in [-0.05, 0) is 19.4 Å². The van der Waals surface area contributed by atoms with Gasteiger partial charge >= 0.3 is 5.69 Å². The minimum atomic E-state index is -0.691. The van der Waals surface area contributed by atoms with E-state index in [1.54, 1.807) is 12.1 Å². The summed E-state index contributed by atoms with van der Waals surface area (Å²) < 4.78 is 14.0. The molecule has 0 atom stereocenters. The maximum absolute atomic E-state index is 14.0. The van der Waals surface area contributed by atoms with Gasteiger partial charge in [-0.1, -0.05) is 31.9 Å². The predicted octanol–water partition coefficient (Wildman–Crippen LogP) is 3.50. The molecule has 104 valence electrons. The Balaban J connectivity index is 2.17. The largest absolute Gasteiger partial charge is 0.305 e. The average Bonchev–Trinajstić information content (AvgIpc) is 2.91. The van der Waals surface area contributed by atoms with Crippen molar-refractivity contribution in [3.63, 3.8) is 0 Å². The van der Waals surface area contributed by atoms with E-state index in [9.17, 15) is 14.5 Å². The Labute approximate surface area is 112 Å². The molecule has 0 radical (unpaired) electrons. The van der Waals surface area contributed by atoms with Gasteiger partial charge in [-0.15, -0.1) is 0 Å². The van der Waals surface area contributed by atoms with E-state index in [-0.39, 0.29) is 0 Å². The van der Waals surface area contributed by atoms with Crippen LogP contribution >= 0.6 is 0 Å². The molecule has 1 aromatic rings. The molecule has 2 rings (SSSR count). The molecule has 0 saturated heterocycles. The van der Waals surface area contributed by atoms with Crippen molar-refractivity contribution in [2.24, 2.45) is 0 Å². The zero-order valence-corrected chi connectivity index (χ0v) is 11.1. The number of benzene rings is 1. The van der Waals surface area contributed by atoms with Crippen LogP contribution in [-0.4, -0.2) is 22.4 Å². The van der Waals surface area contributed by atoms with Crippen LogP contribution in [0.1, 0.15) is 38.2 Å². The summed E-state index contributed by atoms with van der Waals surface area (Å²) >= 11 is 0. The molecule has 0 bridgehead atoms. The number of nitro benzene ring substituents is 1. The minimum absolute atomic E-state index is 0.419. The van der Waals surface area contributed by atoms with E-state index in [0.29, 0.717) is 18.2 Å². The number of rotatable bonds is 5. The lowest BCUT2D eigenvalue weighted by molar-refractivity contribution is -0.387. The van der Waals surface area contributed by atoms with Gasteiger partial charge in [0.2, 0.25) is 5.82 Å². The third-order valence-corrected chi connectivity index (χ3v) is 3.88. The fourth-order valence-electron chi connectivity index (χ4n) is 2.82. The maximum atomic E-state index is 14.0. The van der Waals surface area contributed by atoms with E-state index in [1.807, 2.05) is 6.92 Å². The first-order chi connectivity index (χ1) is 9.13. The van der Waals surface area contributed by atoms with Crippen LogP contribution in [0.25, 0.3) is 0 Å². The van der Waals surface area contributed by atoms with E-state index >= 15 is 0 Å². The van der Waals surface area contributed by atoms with Gasteiger partial charge in [-0.2, -0.15) is 4.39 Å². The molecule has 1 aliphatic carbocycles. The van der Waals surface area contributed by atoms with Gasteiger partial charge in [-0.3, -0.25) is 15.0 Å². The summed E-state index contributed by atoms with van der Waals surface area (Å²) in [5, 5.41) is 10.7. The second-order valence-electron chi connectivity index (χ2n) is 5.01. The lowest BCUT2D eigenvalue weighted by Gasteiger charge is -2.27. The fraction of sp³-hybridized carbons (Fsp3) is 0.571. The molecule has 0 aliphatic heterocycles. The van der Waals surface area contributed by atoms with E-state index in [4.69, 9.17) is 0 Å². The molecule has 0 N–H and O–H groups in total. The van der Waals surface area contributed by atoms with Crippen LogP contribution in [0.2, 0.25) is 0 Å². The molecule has 5 heteroatoms. The smallest absolute Gasteiger partial charge is 0.296 e. The third-order valence-electron chi connectivity index (χ3n) is 3.88. The number of hydrogen-bond acceptors (Lipinski definition) is 3. The third kappa shape index (κ3) is 3.10. The number of nitro groups is 1. The number of hydrogen-bond donors (Lipinski definition) is 0. The van der Waals surface area contributed by atoms with Crippen molar-refractivity contribution < 1.29 is 9.31 Å². The average molecular weight is 266 g/mol. The van der Waals surface area contributed by atoms with E-state index in [2.05, 4.69) is 4.90 Å². The van der Waals surface area contributed by atoms with Gasteiger partial charge in [-0.25, -0.2) is 0 Å². The van der Waals surface area contributed by atoms with Crippen molar-refractivity contribution in [2.75, 3.05) is 6.54 Å². The van der Waals surface area contributed by atoms with Crippen LogP contribution < -0.4 is 0 Å². The highest BCUT2D eigenvalue weighted by Gasteiger charge is 2.24. The highest BCUT2D eigenvalue weighted by molar-refractivity contribution is 5.36. The van der Waals surface area contributed by atoms with Crippen LogP contribution in [0.15, 0.2) is 18.2 Å². The van der Waals surface area contributed by atoms with E-state index < -0.39 is 16.4 Å². The van der Waals surface area contributed by atoms with Crippen LogP contribution in [0.3, 0.4) is 0 Å². The van der Waals surface area contributed by atoms with Crippen molar-refractivity contribution in [1.82, 2.24) is 4.90 Å². The second kappa shape index (κ2) is 6.10. The maximum Gasteiger partial charge on any atom is 0.305 e. The van der Waals surface area contributed by atoms with Gasteiger partial charge in [0.1, 0.15) is 0 Å². The van der Waals surface area contributed by atoms with E-state index in [1.165, 1.54) is 18.9 Å². The molecular formula is C14H19FN2O2. The Morgan fingerprint density at radius 2 is 2.11 bits per heavy atom. The topological polar surface area (TPSA) is 46.4 Å². The van der Waals surface area contributed by atoms with Crippen molar-refractivity contribution in [3.05, 3.63) is 39.7 Å². The first-order valence-corrected chi connectivity index (χ1v) is 6.79. The molecule has 0 heterocycles. The summed E-state index contributed by atoms with van der Waals surface area (Å²) in [6, 6.07) is 4.90. The Morgan fingerprint density at radius 3 is 2.68 bits per heavy atom. The van der Waals surface area contributed by atoms with Crippen molar-refractivity contribution >= 4 is 5.69 Å². The van der Waals surface area contributed by atoms with Gasteiger partial charge in [0, 0.05) is 24.2 Å². The molecule has 0 unspecified atom stereocenters. The molecular weight excluding hydrogens is 247 g/mol. The van der Waals surface area contributed by atoms with Gasteiger partial charge < -0.3 is 0 Å². The van der Waals surface area contributed by atoms with Gasteiger partial charge in [0.25, 0.3) is 0 Å². The van der Waals surface area contributed by atoms with Crippen molar-refractivity contribution in [2.45, 2.75) is 45.2 Å². The standard InChI is InChI=1S/C14H19FN2O2/c1-2-16(12-7-3-4-8-12)10-11-6-5-9-13(14(11)15)17(18)19/h5-6,9,12H,2-4,7-8,10H2,1H3. The highest BCUT2D eigenvalue weighted by Crippen LogP contribution is 2.27. The SMILES string of the molecule is CCN(Cc1cccc([N+](=O)[O-])c1F)C1CCCC1. The first kappa shape index (κ1) is 13.9. The summed E-state index contributed by atoms with van der Waals surface area (Å²) in [7, 11) is 0. The monoisotopic (exact) mass is 266 g/mol. The zero-order chi connectivity index (χ0) is 13.8. The normalized spacial score (nSPS) is 16.2. The van der Waals surface area contributed by atoms with Crippen LogP contribution in [0.5, 0.6) is 0 Å². The van der Waals surface area contributed by atoms with Gasteiger partial charge in [0.15, 0.2) is 0 Å². The van der Waals surface area contributed by atoms with Crippen LogP contribution in [0.4, 0.5) is 10.1 Å². The Morgan fingerprint density at radius 1 is 1.42 bits per heavy atom. The molecule has 0 aromatic heterocycles.